The lowest BCUT2D eigenvalue weighted by atomic mass is 9.96. The summed E-state index contributed by atoms with van der Waals surface area (Å²) in [6.45, 7) is 12.2. The average Bonchev–Trinajstić information content (AvgIpc) is 3.02. The second-order valence-electron chi connectivity index (χ2n) is 6.46. The van der Waals surface area contributed by atoms with Crippen molar-refractivity contribution in [3.8, 4) is 0 Å². The topological polar surface area (TPSA) is 16.1 Å². The van der Waals surface area contributed by atoms with E-state index < -0.39 is 0 Å². The number of fused-ring (bicyclic) bond motifs is 3. The molecule has 22 heavy (non-hydrogen) atoms. The maximum atomic E-state index is 4.92. The molecule has 0 N–H and O–H groups in total. The number of rotatable bonds is 5. The third-order valence-corrected chi connectivity index (χ3v) is 5.26. The Hall–Kier alpha value is -1.41. The van der Waals surface area contributed by atoms with Crippen molar-refractivity contribution in [2.45, 2.75) is 59.9 Å². The highest BCUT2D eigenvalue weighted by atomic mass is 15.1. The Morgan fingerprint density at radius 2 is 1.73 bits per heavy atom. The number of aromatic nitrogens is 1. The Labute approximate surface area is 134 Å². The molecule has 1 aromatic carbocycles. The molecule has 3 rings (SSSR count). The molecule has 0 saturated heterocycles. The summed E-state index contributed by atoms with van der Waals surface area (Å²) < 4.78 is 0. The number of hydrogen-bond acceptors (Lipinski definition) is 2. The Kier molecular flexibility index (Phi) is 4.49. The van der Waals surface area contributed by atoms with Gasteiger partial charge in [-0.05, 0) is 80.1 Å². The van der Waals surface area contributed by atoms with Crippen LogP contribution in [0.1, 0.15) is 55.1 Å². The SMILES string of the molecule is CCc1cc2c3c(c(C)nc2cc1CN(CC)CC)CCC3. The summed E-state index contributed by atoms with van der Waals surface area (Å²) in [4.78, 5) is 7.41. The van der Waals surface area contributed by atoms with Gasteiger partial charge in [0.05, 0.1) is 5.52 Å². The van der Waals surface area contributed by atoms with Crippen LogP contribution >= 0.6 is 0 Å². The quantitative estimate of drug-likeness (QED) is 0.811. The van der Waals surface area contributed by atoms with E-state index in [9.17, 15) is 0 Å². The molecule has 0 bridgehead atoms. The summed E-state index contributed by atoms with van der Waals surface area (Å²) in [6, 6.07) is 4.79. The van der Waals surface area contributed by atoms with Crippen LogP contribution in [0.15, 0.2) is 12.1 Å². The molecule has 0 saturated carbocycles. The van der Waals surface area contributed by atoms with Crippen molar-refractivity contribution in [3.63, 3.8) is 0 Å². The third kappa shape index (κ3) is 2.65. The largest absolute Gasteiger partial charge is 0.300 e. The highest BCUT2D eigenvalue weighted by Crippen LogP contribution is 2.32. The fourth-order valence-corrected chi connectivity index (χ4v) is 3.86. The molecular formula is C20H28N2. The van der Waals surface area contributed by atoms with Crippen LogP contribution in [0.25, 0.3) is 10.9 Å². The zero-order valence-corrected chi connectivity index (χ0v) is 14.5. The van der Waals surface area contributed by atoms with Gasteiger partial charge in [0.2, 0.25) is 0 Å². The second kappa shape index (κ2) is 6.37. The first-order valence-electron chi connectivity index (χ1n) is 8.84. The predicted octanol–water partition coefficient (Wildman–Crippen LogP) is 4.44. The van der Waals surface area contributed by atoms with E-state index in [1.54, 1.807) is 5.56 Å². The molecular weight excluding hydrogens is 268 g/mol. The molecule has 1 heterocycles. The van der Waals surface area contributed by atoms with E-state index in [-0.39, 0.29) is 0 Å². The maximum Gasteiger partial charge on any atom is 0.0711 e. The fraction of sp³-hybridized carbons (Fsp3) is 0.550. The van der Waals surface area contributed by atoms with Crippen LogP contribution in [-0.4, -0.2) is 23.0 Å². The van der Waals surface area contributed by atoms with E-state index in [4.69, 9.17) is 4.98 Å². The van der Waals surface area contributed by atoms with Crippen LogP contribution in [0.5, 0.6) is 0 Å². The molecule has 0 unspecified atom stereocenters. The van der Waals surface area contributed by atoms with Gasteiger partial charge in [-0.1, -0.05) is 20.8 Å². The minimum Gasteiger partial charge on any atom is -0.300 e. The van der Waals surface area contributed by atoms with Crippen LogP contribution < -0.4 is 0 Å². The van der Waals surface area contributed by atoms with E-state index in [1.165, 1.54) is 52.5 Å². The third-order valence-electron chi connectivity index (χ3n) is 5.26. The van der Waals surface area contributed by atoms with Crippen molar-refractivity contribution < 1.29 is 0 Å². The molecule has 1 aromatic heterocycles. The van der Waals surface area contributed by atoms with E-state index in [2.05, 4.69) is 44.7 Å². The lowest BCUT2D eigenvalue weighted by molar-refractivity contribution is 0.295. The van der Waals surface area contributed by atoms with Crippen LogP contribution in [-0.2, 0) is 25.8 Å². The standard InChI is InChI=1S/C20H28N2/c1-5-15-11-19-18-10-8-9-17(18)14(4)21-20(19)12-16(15)13-22(6-2)7-3/h11-12H,5-10,13H2,1-4H3. The summed E-state index contributed by atoms with van der Waals surface area (Å²) in [6.07, 6.45) is 4.84. The summed E-state index contributed by atoms with van der Waals surface area (Å²) in [5, 5.41) is 1.42. The first-order valence-corrected chi connectivity index (χ1v) is 8.84. The van der Waals surface area contributed by atoms with Gasteiger partial charge in [-0.25, -0.2) is 0 Å². The van der Waals surface area contributed by atoms with Gasteiger partial charge in [0.15, 0.2) is 0 Å². The smallest absolute Gasteiger partial charge is 0.0711 e. The van der Waals surface area contributed by atoms with Crippen LogP contribution in [0.2, 0.25) is 0 Å². The predicted molar refractivity (Wildman–Crippen MR) is 94.5 cm³/mol. The summed E-state index contributed by atoms with van der Waals surface area (Å²) in [7, 11) is 0. The first-order chi connectivity index (χ1) is 10.7. The summed E-state index contributed by atoms with van der Waals surface area (Å²) in [5.41, 5.74) is 8.51. The Morgan fingerprint density at radius 1 is 1.00 bits per heavy atom. The normalized spacial score (nSPS) is 14.0. The lowest BCUT2D eigenvalue weighted by Crippen LogP contribution is -2.22. The molecule has 2 heteroatoms. The second-order valence-corrected chi connectivity index (χ2v) is 6.46. The Balaban J connectivity index is 2.13. The van der Waals surface area contributed by atoms with Crippen molar-refractivity contribution in [1.82, 2.24) is 9.88 Å². The first kappa shape index (κ1) is 15.5. The van der Waals surface area contributed by atoms with Gasteiger partial charge < -0.3 is 0 Å². The van der Waals surface area contributed by atoms with Crippen molar-refractivity contribution in [3.05, 3.63) is 40.1 Å². The zero-order chi connectivity index (χ0) is 15.7. The van der Waals surface area contributed by atoms with Gasteiger partial charge >= 0.3 is 0 Å². The van der Waals surface area contributed by atoms with E-state index in [0.29, 0.717) is 0 Å². The Bertz CT molecular complexity index is 684. The molecule has 0 amide bonds. The van der Waals surface area contributed by atoms with Gasteiger partial charge in [0.1, 0.15) is 0 Å². The van der Waals surface area contributed by atoms with E-state index >= 15 is 0 Å². The highest BCUT2D eigenvalue weighted by Gasteiger charge is 2.19. The monoisotopic (exact) mass is 296 g/mol. The maximum absolute atomic E-state index is 4.92. The molecule has 0 fully saturated rings. The fourth-order valence-electron chi connectivity index (χ4n) is 3.86. The summed E-state index contributed by atoms with van der Waals surface area (Å²) >= 11 is 0. The number of nitrogens with zero attached hydrogens (tertiary/aromatic N) is 2. The van der Waals surface area contributed by atoms with Crippen LogP contribution in [0.4, 0.5) is 0 Å². The zero-order valence-electron chi connectivity index (χ0n) is 14.5. The number of benzene rings is 1. The van der Waals surface area contributed by atoms with Crippen molar-refractivity contribution >= 4 is 10.9 Å². The molecule has 0 spiro atoms. The summed E-state index contributed by atoms with van der Waals surface area (Å²) in [5.74, 6) is 0. The number of hydrogen-bond donors (Lipinski definition) is 0. The van der Waals surface area contributed by atoms with Crippen molar-refractivity contribution in [1.29, 1.82) is 0 Å². The van der Waals surface area contributed by atoms with Crippen molar-refractivity contribution in [2.75, 3.05) is 13.1 Å². The molecule has 1 aliphatic carbocycles. The average molecular weight is 296 g/mol. The van der Waals surface area contributed by atoms with Crippen LogP contribution in [0, 0.1) is 6.92 Å². The number of aryl methyl sites for hydroxylation is 3. The van der Waals surface area contributed by atoms with Gasteiger partial charge in [-0.2, -0.15) is 0 Å². The number of pyridine rings is 1. The highest BCUT2D eigenvalue weighted by molar-refractivity contribution is 5.86. The lowest BCUT2D eigenvalue weighted by Gasteiger charge is -2.21. The van der Waals surface area contributed by atoms with Gasteiger partial charge in [-0.3, -0.25) is 9.88 Å². The Morgan fingerprint density at radius 3 is 2.41 bits per heavy atom. The van der Waals surface area contributed by atoms with Gasteiger partial charge in [-0.15, -0.1) is 0 Å². The molecule has 0 atom stereocenters. The minimum absolute atomic E-state index is 1.05. The molecule has 118 valence electrons. The molecule has 0 radical (unpaired) electrons. The van der Waals surface area contributed by atoms with Crippen LogP contribution in [0.3, 0.4) is 0 Å². The van der Waals surface area contributed by atoms with Crippen molar-refractivity contribution in [2.24, 2.45) is 0 Å². The molecule has 1 aliphatic rings. The van der Waals surface area contributed by atoms with Gasteiger partial charge in [0.25, 0.3) is 0 Å². The molecule has 2 nitrogen and oxygen atoms in total. The van der Waals surface area contributed by atoms with Gasteiger partial charge in [0, 0.05) is 17.6 Å². The van der Waals surface area contributed by atoms with E-state index in [1.807, 2.05) is 0 Å². The van der Waals surface area contributed by atoms with E-state index in [0.717, 1.165) is 26.1 Å². The minimum atomic E-state index is 1.05. The molecule has 0 aliphatic heterocycles. The molecule has 2 aromatic rings.